The summed E-state index contributed by atoms with van der Waals surface area (Å²) in [6, 6.07) is 14.5. The van der Waals surface area contributed by atoms with E-state index in [-0.39, 0.29) is 12.5 Å². The molecule has 2 heterocycles. The molecule has 1 amide bonds. The summed E-state index contributed by atoms with van der Waals surface area (Å²) >= 11 is 0. The Kier molecular flexibility index (Phi) is 7.37. The van der Waals surface area contributed by atoms with E-state index in [1.54, 1.807) is 37.6 Å². The van der Waals surface area contributed by atoms with Crippen molar-refractivity contribution in [1.29, 1.82) is 0 Å². The third kappa shape index (κ3) is 6.62. The Labute approximate surface area is 174 Å². The molecular formula is C21H24N6O3. The van der Waals surface area contributed by atoms with Crippen LogP contribution >= 0.6 is 0 Å². The molecule has 3 aromatic rings. The number of aryl methyl sites for hydroxylation is 1. The normalized spacial score (nSPS) is 10.2. The Hall–Kier alpha value is -3.88. The van der Waals surface area contributed by atoms with E-state index < -0.39 is 0 Å². The van der Waals surface area contributed by atoms with Crippen LogP contribution < -0.4 is 25.4 Å². The van der Waals surface area contributed by atoms with Crippen molar-refractivity contribution in [2.45, 2.75) is 6.92 Å². The zero-order valence-corrected chi connectivity index (χ0v) is 16.9. The first-order valence-corrected chi connectivity index (χ1v) is 9.43. The van der Waals surface area contributed by atoms with Crippen molar-refractivity contribution in [2.24, 2.45) is 0 Å². The SMILES string of the molecule is COc1cccc(OCC(=O)NCCNc2cc(Nc3ccccn3)nc(C)n2)c1. The minimum Gasteiger partial charge on any atom is -0.497 e. The molecule has 0 unspecified atom stereocenters. The molecule has 2 aromatic heterocycles. The molecule has 0 radical (unpaired) electrons. The van der Waals surface area contributed by atoms with E-state index in [1.807, 2.05) is 31.2 Å². The molecule has 9 nitrogen and oxygen atoms in total. The summed E-state index contributed by atoms with van der Waals surface area (Å²) < 4.78 is 10.6. The van der Waals surface area contributed by atoms with Crippen LogP contribution in [0.4, 0.5) is 17.5 Å². The zero-order valence-electron chi connectivity index (χ0n) is 16.9. The minimum absolute atomic E-state index is 0.0715. The Balaban J connectivity index is 1.42. The first-order valence-electron chi connectivity index (χ1n) is 9.43. The highest BCUT2D eigenvalue weighted by Crippen LogP contribution is 2.18. The van der Waals surface area contributed by atoms with Gasteiger partial charge in [-0.15, -0.1) is 0 Å². The molecule has 0 saturated carbocycles. The quantitative estimate of drug-likeness (QED) is 0.439. The Morgan fingerprint density at radius 1 is 0.967 bits per heavy atom. The number of nitrogens with zero attached hydrogens (tertiary/aromatic N) is 3. The zero-order chi connectivity index (χ0) is 21.2. The summed E-state index contributed by atoms with van der Waals surface area (Å²) in [4.78, 5) is 24.9. The maximum atomic E-state index is 12.0. The van der Waals surface area contributed by atoms with Crippen LogP contribution in [0.2, 0.25) is 0 Å². The average molecular weight is 408 g/mol. The summed E-state index contributed by atoms with van der Waals surface area (Å²) in [5.74, 6) is 3.65. The number of rotatable bonds is 10. The third-order valence-corrected chi connectivity index (χ3v) is 3.92. The van der Waals surface area contributed by atoms with Gasteiger partial charge in [-0.1, -0.05) is 12.1 Å². The van der Waals surface area contributed by atoms with Gasteiger partial charge >= 0.3 is 0 Å². The van der Waals surface area contributed by atoms with Crippen LogP contribution in [0.25, 0.3) is 0 Å². The fourth-order valence-corrected chi connectivity index (χ4v) is 2.57. The van der Waals surface area contributed by atoms with Crippen molar-refractivity contribution in [1.82, 2.24) is 20.3 Å². The largest absolute Gasteiger partial charge is 0.497 e. The van der Waals surface area contributed by atoms with Crippen molar-refractivity contribution >= 4 is 23.4 Å². The first-order chi connectivity index (χ1) is 14.6. The fourth-order valence-electron chi connectivity index (χ4n) is 2.57. The summed E-state index contributed by atoms with van der Waals surface area (Å²) in [5, 5.41) is 9.10. The highest BCUT2D eigenvalue weighted by Gasteiger charge is 2.05. The third-order valence-electron chi connectivity index (χ3n) is 3.92. The van der Waals surface area contributed by atoms with Crippen LogP contribution in [0.1, 0.15) is 5.82 Å². The molecule has 1 aromatic carbocycles. The van der Waals surface area contributed by atoms with Crippen molar-refractivity contribution in [2.75, 3.05) is 37.4 Å². The van der Waals surface area contributed by atoms with Gasteiger partial charge in [0.25, 0.3) is 5.91 Å². The lowest BCUT2D eigenvalue weighted by molar-refractivity contribution is -0.123. The summed E-state index contributed by atoms with van der Waals surface area (Å²) in [6.07, 6.45) is 1.70. The monoisotopic (exact) mass is 408 g/mol. The second-order valence-electron chi connectivity index (χ2n) is 6.27. The highest BCUT2D eigenvalue weighted by molar-refractivity contribution is 5.77. The molecule has 0 fully saturated rings. The molecule has 0 aliphatic carbocycles. The minimum atomic E-state index is -0.212. The van der Waals surface area contributed by atoms with Gasteiger partial charge in [-0.05, 0) is 31.2 Å². The molecule has 0 atom stereocenters. The van der Waals surface area contributed by atoms with Crippen LogP contribution in [0.5, 0.6) is 11.5 Å². The molecule has 30 heavy (non-hydrogen) atoms. The Morgan fingerprint density at radius 2 is 1.80 bits per heavy atom. The van der Waals surface area contributed by atoms with Gasteiger partial charge < -0.3 is 25.4 Å². The standard InChI is InChI=1S/C21H24N6O3/c1-15-25-19(13-20(26-15)27-18-8-3-4-9-22-18)23-10-11-24-21(28)14-30-17-7-5-6-16(12-17)29-2/h3-9,12-13H,10-11,14H2,1-2H3,(H,24,28)(H2,22,23,25,26,27). The highest BCUT2D eigenvalue weighted by atomic mass is 16.5. The summed E-state index contributed by atoms with van der Waals surface area (Å²) in [5.41, 5.74) is 0. The number of carbonyl (C=O) groups excluding carboxylic acids is 1. The number of hydrogen-bond donors (Lipinski definition) is 3. The van der Waals surface area contributed by atoms with E-state index >= 15 is 0 Å². The molecule has 3 rings (SSSR count). The predicted molar refractivity (Wildman–Crippen MR) is 114 cm³/mol. The van der Waals surface area contributed by atoms with E-state index in [0.29, 0.717) is 47.9 Å². The van der Waals surface area contributed by atoms with Crippen molar-refractivity contribution in [3.05, 3.63) is 60.6 Å². The molecule has 0 bridgehead atoms. The number of carbonyl (C=O) groups is 1. The van der Waals surface area contributed by atoms with Crippen molar-refractivity contribution < 1.29 is 14.3 Å². The average Bonchev–Trinajstić information content (AvgIpc) is 2.76. The van der Waals surface area contributed by atoms with Crippen LogP contribution in [0, 0.1) is 6.92 Å². The number of benzene rings is 1. The number of aromatic nitrogens is 3. The maximum absolute atomic E-state index is 12.0. The van der Waals surface area contributed by atoms with Crippen LogP contribution in [-0.4, -0.2) is 47.7 Å². The smallest absolute Gasteiger partial charge is 0.258 e. The van der Waals surface area contributed by atoms with Crippen molar-refractivity contribution in [3.8, 4) is 11.5 Å². The molecular weight excluding hydrogens is 384 g/mol. The van der Waals surface area contributed by atoms with E-state index in [0.717, 1.165) is 0 Å². The van der Waals surface area contributed by atoms with E-state index in [1.165, 1.54) is 0 Å². The number of amides is 1. The number of anilines is 3. The van der Waals surface area contributed by atoms with Crippen LogP contribution in [-0.2, 0) is 4.79 Å². The Morgan fingerprint density at radius 3 is 2.60 bits per heavy atom. The fraction of sp³-hybridized carbons (Fsp3) is 0.238. The van der Waals surface area contributed by atoms with Gasteiger partial charge in [-0.3, -0.25) is 4.79 Å². The number of hydrogen-bond acceptors (Lipinski definition) is 8. The van der Waals surface area contributed by atoms with Gasteiger partial charge in [0.15, 0.2) is 6.61 Å². The van der Waals surface area contributed by atoms with Gasteiger partial charge in [-0.2, -0.15) is 0 Å². The Bertz CT molecular complexity index is 968. The molecule has 0 spiro atoms. The van der Waals surface area contributed by atoms with Gasteiger partial charge in [0.2, 0.25) is 0 Å². The molecule has 9 heteroatoms. The molecule has 156 valence electrons. The number of ether oxygens (including phenoxy) is 2. The van der Waals surface area contributed by atoms with E-state index in [4.69, 9.17) is 9.47 Å². The molecule has 0 aliphatic heterocycles. The van der Waals surface area contributed by atoms with Gasteiger partial charge in [0.05, 0.1) is 7.11 Å². The number of methoxy groups -OCH3 is 1. The lowest BCUT2D eigenvalue weighted by Crippen LogP contribution is -2.32. The second-order valence-corrected chi connectivity index (χ2v) is 6.27. The lowest BCUT2D eigenvalue weighted by Gasteiger charge is -2.11. The van der Waals surface area contributed by atoms with E-state index in [2.05, 4.69) is 30.9 Å². The predicted octanol–water partition coefficient (Wildman–Crippen LogP) is 2.54. The number of pyridine rings is 1. The first kappa shape index (κ1) is 20.8. The van der Waals surface area contributed by atoms with Gasteiger partial charge in [-0.25, -0.2) is 15.0 Å². The molecule has 0 aliphatic rings. The second kappa shape index (κ2) is 10.6. The van der Waals surface area contributed by atoms with E-state index in [9.17, 15) is 4.79 Å². The summed E-state index contributed by atoms with van der Waals surface area (Å²) in [6.45, 7) is 2.67. The van der Waals surface area contributed by atoms with Gasteiger partial charge in [0.1, 0.15) is 34.8 Å². The molecule has 0 saturated heterocycles. The summed E-state index contributed by atoms with van der Waals surface area (Å²) in [7, 11) is 1.58. The maximum Gasteiger partial charge on any atom is 0.258 e. The number of nitrogens with one attached hydrogen (secondary N) is 3. The van der Waals surface area contributed by atoms with Crippen molar-refractivity contribution in [3.63, 3.8) is 0 Å². The lowest BCUT2D eigenvalue weighted by atomic mass is 10.3. The van der Waals surface area contributed by atoms with Crippen LogP contribution in [0.3, 0.4) is 0 Å². The van der Waals surface area contributed by atoms with Gasteiger partial charge in [0, 0.05) is 31.4 Å². The molecule has 3 N–H and O–H groups in total. The van der Waals surface area contributed by atoms with Crippen LogP contribution in [0.15, 0.2) is 54.7 Å². The topological polar surface area (TPSA) is 110 Å².